The van der Waals surface area contributed by atoms with E-state index in [1.807, 2.05) is 0 Å². The molecule has 0 aromatic heterocycles. The maximum absolute atomic E-state index is 11.9. The van der Waals surface area contributed by atoms with Crippen molar-refractivity contribution in [3.8, 4) is 11.8 Å². The van der Waals surface area contributed by atoms with E-state index in [-0.39, 0.29) is 11.5 Å². The Kier molecular flexibility index (Phi) is 3.14. The minimum absolute atomic E-state index is 0.0688. The minimum Gasteiger partial charge on any atom is -0.508 e. The van der Waals surface area contributed by atoms with Crippen LogP contribution in [0.25, 0.3) is 0 Å². The molecule has 0 spiro atoms. The van der Waals surface area contributed by atoms with Crippen LogP contribution in [-0.2, 0) is 11.2 Å². The first-order valence-electron chi connectivity index (χ1n) is 5.89. The average Bonchev–Trinajstić information content (AvgIpc) is 2.35. The Labute approximate surface area is 101 Å². The average molecular weight is 229 g/mol. The van der Waals surface area contributed by atoms with E-state index >= 15 is 0 Å². The second-order valence-electron chi connectivity index (χ2n) is 4.67. The SMILES string of the molecule is N#CC1(Cc2ccc(O)cc2)CCCCC1=O. The Morgan fingerprint density at radius 1 is 1.29 bits per heavy atom. The molecule has 1 unspecified atom stereocenters. The molecule has 17 heavy (non-hydrogen) atoms. The van der Waals surface area contributed by atoms with Crippen LogP contribution < -0.4 is 0 Å². The maximum atomic E-state index is 11.9. The van der Waals surface area contributed by atoms with E-state index in [1.165, 1.54) is 0 Å². The Hall–Kier alpha value is -1.82. The predicted molar refractivity (Wildman–Crippen MR) is 63.3 cm³/mol. The van der Waals surface area contributed by atoms with Crippen LogP contribution in [-0.4, -0.2) is 10.9 Å². The summed E-state index contributed by atoms with van der Waals surface area (Å²) in [6.07, 6.45) is 3.48. The Balaban J connectivity index is 2.22. The van der Waals surface area contributed by atoms with Gasteiger partial charge in [0.1, 0.15) is 11.2 Å². The summed E-state index contributed by atoms with van der Waals surface area (Å²) >= 11 is 0. The van der Waals surface area contributed by atoms with Crippen LogP contribution in [0.2, 0.25) is 0 Å². The third kappa shape index (κ3) is 2.31. The molecule has 3 nitrogen and oxygen atoms in total. The first-order valence-corrected chi connectivity index (χ1v) is 5.89. The van der Waals surface area contributed by atoms with E-state index in [9.17, 15) is 15.2 Å². The first kappa shape index (κ1) is 11.7. The highest BCUT2D eigenvalue weighted by Crippen LogP contribution is 2.36. The standard InChI is InChI=1S/C14H15NO2/c15-10-14(8-2-1-3-13(14)17)9-11-4-6-12(16)7-5-11/h4-7,16H,1-3,8-9H2. The second-order valence-corrected chi connectivity index (χ2v) is 4.67. The lowest BCUT2D eigenvalue weighted by atomic mass is 9.70. The van der Waals surface area contributed by atoms with Crippen molar-refractivity contribution in [2.24, 2.45) is 5.41 Å². The molecule has 1 aliphatic carbocycles. The van der Waals surface area contributed by atoms with Crippen molar-refractivity contribution in [2.75, 3.05) is 0 Å². The van der Waals surface area contributed by atoms with E-state index in [0.717, 1.165) is 18.4 Å². The quantitative estimate of drug-likeness (QED) is 0.847. The van der Waals surface area contributed by atoms with Gasteiger partial charge < -0.3 is 5.11 Å². The molecule has 0 amide bonds. The van der Waals surface area contributed by atoms with Crippen molar-refractivity contribution in [3.63, 3.8) is 0 Å². The molecule has 1 aromatic carbocycles. The fourth-order valence-corrected chi connectivity index (χ4v) is 2.40. The van der Waals surface area contributed by atoms with E-state index in [2.05, 4.69) is 6.07 Å². The van der Waals surface area contributed by atoms with E-state index < -0.39 is 5.41 Å². The van der Waals surface area contributed by atoms with Crippen LogP contribution in [0.4, 0.5) is 0 Å². The van der Waals surface area contributed by atoms with Gasteiger partial charge in [-0.25, -0.2) is 0 Å². The number of aromatic hydroxyl groups is 1. The number of benzene rings is 1. The van der Waals surface area contributed by atoms with Crippen LogP contribution in [0.3, 0.4) is 0 Å². The zero-order valence-corrected chi connectivity index (χ0v) is 9.65. The highest BCUT2D eigenvalue weighted by molar-refractivity contribution is 5.88. The number of hydrogen-bond acceptors (Lipinski definition) is 3. The van der Waals surface area contributed by atoms with Crippen molar-refractivity contribution in [2.45, 2.75) is 32.1 Å². The summed E-state index contributed by atoms with van der Waals surface area (Å²) in [6, 6.07) is 8.95. The Morgan fingerprint density at radius 3 is 2.59 bits per heavy atom. The monoisotopic (exact) mass is 229 g/mol. The molecule has 0 heterocycles. The van der Waals surface area contributed by atoms with Gasteiger partial charge in [-0.3, -0.25) is 4.79 Å². The maximum Gasteiger partial charge on any atom is 0.153 e. The fourth-order valence-electron chi connectivity index (χ4n) is 2.40. The number of rotatable bonds is 2. The number of nitrogens with zero attached hydrogens (tertiary/aromatic N) is 1. The zero-order chi connectivity index (χ0) is 12.3. The van der Waals surface area contributed by atoms with Crippen molar-refractivity contribution in [1.82, 2.24) is 0 Å². The van der Waals surface area contributed by atoms with E-state index in [4.69, 9.17) is 0 Å². The Bertz CT molecular complexity index is 458. The molecule has 0 radical (unpaired) electrons. The largest absolute Gasteiger partial charge is 0.508 e. The smallest absolute Gasteiger partial charge is 0.153 e. The highest BCUT2D eigenvalue weighted by atomic mass is 16.3. The number of nitriles is 1. The molecule has 0 saturated heterocycles. The van der Waals surface area contributed by atoms with Gasteiger partial charge in [0.15, 0.2) is 5.78 Å². The molecule has 1 aliphatic rings. The molecule has 2 rings (SSSR count). The van der Waals surface area contributed by atoms with Crippen molar-refractivity contribution < 1.29 is 9.90 Å². The molecule has 3 heteroatoms. The molecule has 1 saturated carbocycles. The summed E-state index contributed by atoms with van der Waals surface area (Å²) in [6.45, 7) is 0. The minimum atomic E-state index is -0.838. The molecule has 1 fully saturated rings. The first-order chi connectivity index (χ1) is 8.16. The van der Waals surface area contributed by atoms with Crippen LogP contribution >= 0.6 is 0 Å². The van der Waals surface area contributed by atoms with Gasteiger partial charge in [0.05, 0.1) is 6.07 Å². The lowest BCUT2D eigenvalue weighted by Gasteiger charge is -2.29. The van der Waals surface area contributed by atoms with Gasteiger partial charge in [-0.05, 0) is 37.0 Å². The molecule has 1 atom stereocenters. The number of hydrogen-bond donors (Lipinski definition) is 1. The van der Waals surface area contributed by atoms with Crippen LogP contribution in [0.1, 0.15) is 31.2 Å². The van der Waals surface area contributed by atoms with Gasteiger partial charge >= 0.3 is 0 Å². The number of carbonyl (C=O) groups is 1. The summed E-state index contributed by atoms with van der Waals surface area (Å²) < 4.78 is 0. The lowest BCUT2D eigenvalue weighted by molar-refractivity contribution is -0.128. The molecule has 1 aromatic rings. The molecule has 88 valence electrons. The summed E-state index contributed by atoms with van der Waals surface area (Å²) in [7, 11) is 0. The summed E-state index contributed by atoms with van der Waals surface area (Å²) in [5.74, 6) is 0.272. The highest BCUT2D eigenvalue weighted by Gasteiger charge is 2.39. The third-order valence-electron chi connectivity index (χ3n) is 3.45. The topological polar surface area (TPSA) is 61.1 Å². The summed E-state index contributed by atoms with van der Waals surface area (Å²) in [5, 5.41) is 18.5. The van der Waals surface area contributed by atoms with Gasteiger partial charge in [0.25, 0.3) is 0 Å². The van der Waals surface area contributed by atoms with Gasteiger partial charge in [0, 0.05) is 6.42 Å². The van der Waals surface area contributed by atoms with Gasteiger partial charge in [-0.1, -0.05) is 18.6 Å². The fraction of sp³-hybridized carbons (Fsp3) is 0.429. The number of phenolic OH excluding ortho intramolecular Hbond substituents is 1. The molecular formula is C14H15NO2. The lowest BCUT2D eigenvalue weighted by Crippen LogP contribution is -2.34. The third-order valence-corrected chi connectivity index (χ3v) is 3.45. The van der Waals surface area contributed by atoms with Gasteiger partial charge in [-0.2, -0.15) is 5.26 Å². The summed E-state index contributed by atoms with van der Waals surface area (Å²) in [5.41, 5.74) is 0.0921. The molecule has 0 aliphatic heterocycles. The number of ketones is 1. The molecule has 0 bridgehead atoms. The Morgan fingerprint density at radius 2 is 2.00 bits per heavy atom. The second kappa shape index (κ2) is 4.58. The van der Waals surface area contributed by atoms with E-state index in [0.29, 0.717) is 19.3 Å². The number of Topliss-reactive ketones (excluding diaryl/α,β-unsaturated/α-hetero) is 1. The zero-order valence-electron chi connectivity index (χ0n) is 9.65. The normalized spacial score (nSPS) is 24.3. The molecule has 1 N–H and O–H groups in total. The summed E-state index contributed by atoms with van der Waals surface area (Å²) in [4.78, 5) is 11.9. The number of phenols is 1. The van der Waals surface area contributed by atoms with Crippen LogP contribution in [0.5, 0.6) is 5.75 Å². The van der Waals surface area contributed by atoms with Gasteiger partial charge in [-0.15, -0.1) is 0 Å². The van der Waals surface area contributed by atoms with Crippen LogP contribution in [0.15, 0.2) is 24.3 Å². The van der Waals surface area contributed by atoms with E-state index in [1.54, 1.807) is 24.3 Å². The predicted octanol–water partition coefficient (Wildman–Crippen LogP) is 2.59. The van der Waals surface area contributed by atoms with Crippen molar-refractivity contribution in [3.05, 3.63) is 29.8 Å². The van der Waals surface area contributed by atoms with Gasteiger partial charge in [0.2, 0.25) is 0 Å². The number of carbonyl (C=O) groups excluding carboxylic acids is 1. The van der Waals surface area contributed by atoms with Crippen molar-refractivity contribution >= 4 is 5.78 Å². The van der Waals surface area contributed by atoms with Crippen LogP contribution in [0, 0.1) is 16.7 Å². The molecular weight excluding hydrogens is 214 g/mol. The van der Waals surface area contributed by atoms with Crippen molar-refractivity contribution in [1.29, 1.82) is 5.26 Å².